The van der Waals surface area contributed by atoms with Gasteiger partial charge in [-0.2, -0.15) is 0 Å². The van der Waals surface area contributed by atoms with Crippen LogP contribution in [0.1, 0.15) is 36.0 Å². The summed E-state index contributed by atoms with van der Waals surface area (Å²) in [7, 11) is 1.63. The van der Waals surface area contributed by atoms with Gasteiger partial charge in [0.1, 0.15) is 5.75 Å². The molecule has 0 aromatic heterocycles. The first kappa shape index (κ1) is 12.2. The third-order valence-electron chi connectivity index (χ3n) is 4.08. The van der Waals surface area contributed by atoms with Crippen LogP contribution in [0.2, 0.25) is 0 Å². The summed E-state index contributed by atoms with van der Waals surface area (Å²) >= 11 is 0. The van der Waals surface area contributed by atoms with Crippen molar-refractivity contribution in [2.24, 2.45) is 5.92 Å². The van der Waals surface area contributed by atoms with E-state index in [4.69, 9.17) is 4.74 Å². The molecule has 1 aliphatic rings. The topological polar surface area (TPSA) is 26.3 Å². The Morgan fingerprint density at radius 1 is 1.11 bits per heavy atom. The highest BCUT2D eigenvalue weighted by Gasteiger charge is 2.27. The molecule has 0 atom stereocenters. The second-order valence-corrected chi connectivity index (χ2v) is 5.21. The van der Waals surface area contributed by atoms with Crippen molar-refractivity contribution < 1.29 is 9.53 Å². The Balaban J connectivity index is 2.16. The summed E-state index contributed by atoms with van der Waals surface area (Å²) in [6.07, 6.45) is 4.38. The third-order valence-corrected chi connectivity index (χ3v) is 4.08. The summed E-state index contributed by atoms with van der Waals surface area (Å²) in [5.74, 6) is 1.14. The number of benzene rings is 2. The molecule has 0 radical (unpaired) electrons. The minimum Gasteiger partial charge on any atom is -0.496 e. The van der Waals surface area contributed by atoms with Crippen LogP contribution in [-0.2, 0) is 0 Å². The standard InChI is InChI=1S/C17H18O2/c1-19-15-11-10-12-6-4-5-9-14(12)16(15)17(18)13-7-2-3-8-13/h4-6,9-11,13H,2-3,7-8H2,1H3. The maximum Gasteiger partial charge on any atom is 0.170 e. The van der Waals surface area contributed by atoms with Crippen molar-refractivity contribution in [3.8, 4) is 5.75 Å². The Kier molecular flexibility index (Phi) is 3.24. The molecule has 0 saturated heterocycles. The normalized spacial score (nSPS) is 15.8. The molecule has 1 aliphatic carbocycles. The van der Waals surface area contributed by atoms with Crippen molar-refractivity contribution in [2.45, 2.75) is 25.7 Å². The predicted molar refractivity (Wildman–Crippen MR) is 76.8 cm³/mol. The average molecular weight is 254 g/mol. The maximum absolute atomic E-state index is 12.8. The van der Waals surface area contributed by atoms with E-state index in [-0.39, 0.29) is 11.7 Å². The van der Waals surface area contributed by atoms with E-state index in [1.807, 2.05) is 36.4 Å². The lowest BCUT2D eigenvalue weighted by molar-refractivity contribution is 0.0921. The largest absolute Gasteiger partial charge is 0.496 e. The molecule has 1 fully saturated rings. The fraction of sp³-hybridized carbons (Fsp3) is 0.353. The molecule has 3 rings (SSSR count). The van der Waals surface area contributed by atoms with E-state index in [0.29, 0.717) is 5.75 Å². The van der Waals surface area contributed by atoms with Crippen LogP contribution < -0.4 is 4.74 Å². The van der Waals surface area contributed by atoms with E-state index >= 15 is 0 Å². The monoisotopic (exact) mass is 254 g/mol. The summed E-state index contributed by atoms with van der Waals surface area (Å²) in [6, 6.07) is 12.0. The number of carbonyl (C=O) groups is 1. The lowest BCUT2D eigenvalue weighted by Gasteiger charge is -2.14. The number of hydrogen-bond acceptors (Lipinski definition) is 2. The summed E-state index contributed by atoms with van der Waals surface area (Å²) in [5.41, 5.74) is 0.771. The summed E-state index contributed by atoms with van der Waals surface area (Å²) in [4.78, 5) is 12.8. The van der Waals surface area contributed by atoms with Gasteiger partial charge in [0.05, 0.1) is 12.7 Å². The van der Waals surface area contributed by atoms with Crippen LogP contribution in [0.4, 0.5) is 0 Å². The lowest BCUT2D eigenvalue weighted by Crippen LogP contribution is -2.13. The van der Waals surface area contributed by atoms with E-state index in [1.165, 1.54) is 12.8 Å². The molecule has 1 saturated carbocycles. The molecule has 2 aromatic carbocycles. The lowest BCUT2D eigenvalue weighted by atomic mass is 9.91. The zero-order valence-corrected chi connectivity index (χ0v) is 11.2. The van der Waals surface area contributed by atoms with Crippen LogP contribution in [-0.4, -0.2) is 12.9 Å². The molecule has 0 bridgehead atoms. The molecular formula is C17H18O2. The van der Waals surface area contributed by atoms with E-state index < -0.39 is 0 Å². The van der Waals surface area contributed by atoms with E-state index in [9.17, 15) is 4.79 Å². The molecule has 0 N–H and O–H groups in total. The molecule has 0 heterocycles. The quantitative estimate of drug-likeness (QED) is 0.766. The number of rotatable bonds is 3. The molecule has 2 aromatic rings. The minimum atomic E-state index is 0.180. The van der Waals surface area contributed by atoms with Crippen LogP contribution in [0.15, 0.2) is 36.4 Å². The van der Waals surface area contributed by atoms with E-state index in [1.54, 1.807) is 7.11 Å². The van der Waals surface area contributed by atoms with Crippen molar-refractivity contribution in [3.63, 3.8) is 0 Å². The zero-order chi connectivity index (χ0) is 13.2. The highest BCUT2D eigenvalue weighted by atomic mass is 16.5. The Morgan fingerprint density at radius 2 is 1.84 bits per heavy atom. The van der Waals surface area contributed by atoms with Gasteiger partial charge in [0.25, 0.3) is 0 Å². The van der Waals surface area contributed by atoms with Crippen molar-refractivity contribution in [1.29, 1.82) is 0 Å². The van der Waals surface area contributed by atoms with Crippen molar-refractivity contribution >= 4 is 16.6 Å². The number of Topliss-reactive ketones (excluding diaryl/α,β-unsaturated/α-hetero) is 1. The van der Waals surface area contributed by atoms with Crippen molar-refractivity contribution in [3.05, 3.63) is 42.0 Å². The number of fused-ring (bicyclic) bond motifs is 1. The zero-order valence-electron chi connectivity index (χ0n) is 11.2. The second-order valence-electron chi connectivity index (χ2n) is 5.21. The Hall–Kier alpha value is -1.83. The summed E-state index contributed by atoms with van der Waals surface area (Å²) in [6.45, 7) is 0. The van der Waals surface area contributed by atoms with Gasteiger partial charge < -0.3 is 4.74 Å². The summed E-state index contributed by atoms with van der Waals surface area (Å²) < 4.78 is 5.41. The first-order chi connectivity index (χ1) is 9.31. The highest BCUT2D eigenvalue weighted by Crippen LogP contribution is 2.35. The number of ketones is 1. The number of ether oxygens (including phenoxy) is 1. The molecule has 0 spiro atoms. The molecule has 0 amide bonds. The van der Waals surface area contributed by atoms with Gasteiger partial charge in [-0.3, -0.25) is 4.79 Å². The SMILES string of the molecule is COc1ccc2ccccc2c1C(=O)C1CCCC1. The van der Waals surface area contributed by atoms with Crippen molar-refractivity contribution in [2.75, 3.05) is 7.11 Å². The highest BCUT2D eigenvalue weighted by molar-refractivity contribution is 6.11. The van der Waals surface area contributed by atoms with Gasteiger partial charge in [0, 0.05) is 5.92 Å². The minimum absolute atomic E-state index is 0.180. The fourth-order valence-electron chi connectivity index (χ4n) is 3.07. The van der Waals surface area contributed by atoms with Crippen LogP contribution in [0, 0.1) is 5.92 Å². The molecule has 98 valence electrons. The van der Waals surface area contributed by atoms with Crippen LogP contribution >= 0.6 is 0 Å². The molecular weight excluding hydrogens is 236 g/mol. The van der Waals surface area contributed by atoms with E-state index in [2.05, 4.69) is 0 Å². The molecule has 2 heteroatoms. The smallest absolute Gasteiger partial charge is 0.170 e. The van der Waals surface area contributed by atoms with E-state index in [0.717, 1.165) is 29.2 Å². The molecule has 2 nitrogen and oxygen atoms in total. The number of hydrogen-bond donors (Lipinski definition) is 0. The number of carbonyl (C=O) groups excluding carboxylic acids is 1. The van der Waals surface area contributed by atoms with Gasteiger partial charge in [0.2, 0.25) is 0 Å². The molecule has 0 aliphatic heterocycles. The Bertz CT molecular complexity index is 610. The van der Waals surface area contributed by atoms with Crippen LogP contribution in [0.5, 0.6) is 5.75 Å². The first-order valence-corrected chi connectivity index (χ1v) is 6.91. The number of methoxy groups -OCH3 is 1. The van der Waals surface area contributed by atoms with Gasteiger partial charge in [0.15, 0.2) is 5.78 Å². The van der Waals surface area contributed by atoms with Gasteiger partial charge in [-0.15, -0.1) is 0 Å². The average Bonchev–Trinajstić information content (AvgIpc) is 2.99. The van der Waals surface area contributed by atoms with Crippen molar-refractivity contribution in [1.82, 2.24) is 0 Å². The first-order valence-electron chi connectivity index (χ1n) is 6.91. The fourth-order valence-corrected chi connectivity index (χ4v) is 3.07. The Morgan fingerprint density at radius 3 is 2.58 bits per heavy atom. The van der Waals surface area contributed by atoms with Crippen LogP contribution in [0.3, 0.4) is 0 Å². The Labute approximate surface area is 113 Å². The van der Waals surface area contributed by atoms with Gasteiger partial charge >= 0.3 is 0 Å². The van der Waals surface area contributed by atoms with Gasteiger partial charge in [-0.05, 0) is 29.7 Å². The van der Waals surface area contributed by atoms with Gasteiger partial charge in [-0.25, -0.2) is 0 Å². The molecule has 19 heavy (non-hydrogen) atoms. The van der Waals surface area contributed by atoms with Crippen LogP contribution in [0.25, 0.3) is 10.8 Å². The second kappa shape index (κ2) is 5.04. The maximum atomic E-state index is 12.8. The third kappa shape index (κ3) is 2.12. The van der Waals surface area contributed by atoms with Gasteiger partial charge in [-0.1, -0.05) is 43.2 Å². The summed E-state index contributed by atoms with van der Waals surface area (Å²) in [5, 5.41) is 2.11. The molecule has 0 unspecified atom stereocenters. The predicted octanol–water partition coefficient (Wildman–Crippen LogP) is 4.22.